The molecule has 0 aliphatic rings. The summed E-state index contributed by atoms with van der Waals surface area (Å²) < 4.78 is 0. The van der Waals surface area contributed by atoms with E-state index < -0.39 is 0 Å². The van der Waals surface area contributed by atoms with E-state index in [-0.39, 0.29) is 0 Å². The second kappa shape index (κ2) is 14.2. The highest BCUT2D eigenvalue weighted by atomic mass is 16.3. The SMILES string of the molecule is CCCCCCCCC(c1ccccc1O)C(CCC)CCCCC. The number of phenolic OH excluding ortho intramolecular Hbond substituents is 1. The summed E-state index contributed by atoms with van der Waals surface area (Å²) in [5, 5.41) is 10.4. The summed E-state index contributed by atoms with van der Waals surface area (Å²) >= 11 is 0. The zero-order valence-corrected chi connectivity index (χ0v) is 17.1. The lowest BCUT2D eigenvalue weighted by Gasteiger charge is -2.28. The third kappa shape index (κ3) is 8.79. The molecular weight excluding hydrogens is 304 g/mol. The van der Waals surface area contributed by atoms with Crippen LogP contribution in [0.5, 0.6) is 5.75 Å². The highest BCUT2D eigenvalue weighted by molar-refractivity contribution is 5.35. The Labute approximate surface area is 157 Å². The van der Waals surface area contributed by atoms with Crippen LogP contribution in [0.3, 0.4) is 0 Å². The summed E-state index contributed by atoms with van der Waals surface area (Å²) in [5.74, 6) is 1.76. The second-order valence-corrected chi connectivity index (χ2v) is 7.77. The number of benzene rings is 1. The van der Waals surface area contributed by atoms with Crippen LogP contribution in [0.15, 0.2) is 24.3 Å². The standard InChI is InChI=1S/C24H42O/c1-4-7-9-10-11-13-18-22(23-19-14-15-20-24(23)25)21(16-6-3)17-12-8-5-2/h14-15,19-22,25H,4-13,16-18H2,1-3H3. The van der Waals surface area contributed by atoms with Crippen molar-refractivity contribution >= 4 is 0 Å². The summed E-state index contributed by atoms with van der Waals surface area (Å²) in [4.78, 5) is 0. The van der Waals surface area contributed by atoms with Crippen molar-refractivity contribution in [2.45, 2.75) is 110 Å². The van der Waals surface area contributed by atoms with Crippen molar-refractivity contribution in [1.29, 1.82) is 0 Å². The molecule has 0 radical (unpaired) electrons. The van der Waals surface area contributed by atoms with Gasteiger partial charge in [-0.3, -0.25) is 0 Å². The fourth-order valence-electron chi connectivity index (χ4n) is 4.16. The van der Waals surface area contributed by atoms with Crippen LogP contribution in [0, 0.1) is 5.92 Å². The molecule has 0 bridgehead atoms. The number of unbranched alkanes of at least 4 members (excludes halogenated alkanes) is 7. The highest BCUT2D eigenvalue weighted by Crippen LogP contribution is 2.40. The molecule has 1 aromatic rings. The van der Waals surface area contributed by atoms with Gasteiger partial charge in [0.1, 0.15) is 5.75 Å². The zero-order valence-electron chi connectivity index (χ0n) is 17.1. The predicted octanol–water partition coefficient (Wildman–Crippen LogP) is 8.22. The van der Waals surface area contributed by atoms with Gasteiger partial charge in [-0.1, -0.05) is 110 Å². The Morgan fingerprint density at radius 2 is 1.28 bits per heavy atom. The summed E-state index contributed by atoms with van der Waals surface area (Å²) in [5.41, 5.74) is 1.20. The smallest absolute Gasteiger partial charge is 0.119 e. The van der Waals surface area contributed by atoms with Gasteiger partial charge >= 0.3 is 0 Å². The number of aromatic hydroxyl groups is 1. The minimum Gasteiger partial charge on any atom is -0.508 e. The average Bonchev–Trinajstić information content (AvgIpc) is 2.62. The van der Waals surface area contributed by atoms with Crippen molar-refractivity contribution in [2.75, 3.05) is 0 Å². The van der Waals surface area contributed by atoms with Crippen molar-refractivity contribution in [3.63, 3.8) is 0 Å². The zero-order chi connectivity index (χ0) is 18.3. The molecule has 1 rings (SSSR count). The van der Waals surface area contributed by atoms with Gasteiger partial charge in [-0.25, -0.2) is 0 Å². The van der Waals surface area contributed by atoms with Crippen LogP contribution in [-0.4, -0.2) is 5.11 Å². The van der Waals surface area contributed by atoms with E-state index in [2.05, 4.69) is 32.9 Å². The Morgan fingerprint density at radius 3 is 1.96 bits per heavy atom. The van der Waals surface area contributed by atoms with Crippen molar-refractivity contribution in [3.05, 3.63) is 29.8 Å². The van der Waals surface area contributed by atoms with Gasteiger partial charge in [0.2, 0.25) is 0 Å². The molecule has 0 aliphatic carbocycles. The number of phenols is 1. The Morgan fingerprint density at radius 1 is 0.680 bits per heavy atom. The molecule has 0 heterocycles. The number of hydrogen-bond acceptors (Lipinski definition) is 1. The number of hydrogen-bond donors (Lipinski definition) is 1. The van der Waals surface area contributed by atoms with Crippen molar-refractivity contribution < 1.29 is 5.11 Å². The van der Waals surface area contributed by atoms with Gasteiger partial charge in [-0.2, -0.15) is 0 Å². The average molecular weight is 347 g/mol. The Bertz CT molecular complexity index is 426. The lowest BCUT2D eigenvalue weighted by molar-refractivity contribution is 0.323. The first-order chi connectivity index (χ1) is 12.2. The molecule has 0 saturated heterocycles. The van der Waals surface area contributed by atoms with Crippen molar-refractivity contribution in [2.24, 2.45) is 5.92 Å². The van der Waals surface area contributed by atoms with E-state index in [1.165, 1.54) is 89.0 Å². The second-order valence-electron chi connectivity index (χ2n) is 7.77. The lowest BCUT2D eigenvalue weighted by atomic mass is 9.77. The van der Waals surface area contributed by atoms with Gasteiger partial charge in [0, 0.05) is 0 Å². The van der Waals surface area contributed by atoms with Gasteiger partial charge in [0.25, 0.3) is 0 Å². The van der Waals surface area contributed by atoms with Crippen LogP contribution < -0.4 is 0 Å². The van der Waals surface area contributed by atoms with E-state index in [4.69, 9.17) is 0 Å². The third-order valence-corrected chi connectivity index (χ3v) is 5.61. The van der Waals surface area contributed by atoms with E-state index in [1.54, 1.807) is 0 Å². The maximum Gasteiger partial charge on any atom is 0.119 e. The molecule has 1 aromatic carbocycles. The topological polar surface area (TPSA) is 20.2 Å². The molecule has 0 aliphatic heterocycles. The largest absolute Gasteiger partial charge is 0.508 e. The molecule has 0 spiro atoms. The molecule has 2 unspecified atom stereocenters. The Hall–Kier alpha value is -0.980. The first-order valence-electron chi connectivity index (χ1n) is 11.0. The van der Waals surface area contributed by atoms with Gasteiger partial charge < -0.3 is 5.11 Å². The van der Waals surface area contributed by atoms with Gasteiger partial charge in [-0.05, 0) is 36.3 Å². The predicted molar refractivity (Wildman–Crippen MR) is 111 cm³/mol. The van der Waals surface area contributed by atoms with E-state index in [0.717, 1.165) is 5.92 Å². The molecule has 0 saturated carbocycles. The molecule has 144 valence electrons. The monoisotopic (exact) mass is 346 g/mol. The minimum atomic E-state index is 0.509. The van der Waals surface area contributed by atoms with E-state index >= 15 is 0 Å². The minimum absolute atomic E-state index is 0.509. The summed E-state index contributed by atoms with van der Waals surface area (Å²) in [7, 11) is 0. The van der Waals surface area contributed by atoms with Crippen LogP contribution in [0.2, 0.25) is 0 Å². The van der Waals surface area contributed by atoms with E-state index in [0.29, 0.717) is 11.7 Å². The maximum absolute atomic E-state index is 10.4. The maximum atomic E-state index is 10.4. The molecule has 1 nitrogen and oxygen atoms in total. The van der Waals surface area contributed by atoms with Crippen LogP contribution in [0.25, 0.3) is 0 Å². The molecule has 2 atom stereocenters. The highest BCUT2D eigenvalue weighted by Gasteiger charge is 2.24. The van der Waals surface area contributed by atoms with Crippen molar-refractivity contribution in [1.82, 2.24) is 0 Å². The van der Waals surface area contributed by atoms with Crippen LogP contribution >= 0.6 is 0 Å². The number of rotatable bonds is 15. The van der Waals surface area contributed by atoms with E-state index in [9.17, 15) is 5.11 Å². The molecule has 1 N–H and O–H groups in total. The molecule has 1 heteroatoms. The first kappa shape index (κ1) is 22.1. The van der Waals surface area contributed by atoms with E-state index in [1.807, 2.05) is 12.1 Å². The van der Waals surface area contributed by atoms with Crippen LogP contribution in [0.1, 0.15) is 116 Å². The summed E-state index contributed by atoms with van der Waals surface area (Å²) in [6.07, 6.45) is 17.1. The summed E-state index contributed by atoms with van der Waals surface area (Å²) in [6.45, 7) is 6.87. The molecule has 0 amide bonds. The molecular formula is C24H42O. The fourth-order valence-corrected chi connectivity index (χ4v) is 4.16. The number of para-hydroxylation sites is 1. The molecule has 0 fully saturated rings. The quantitative estimate of drug-likeness (QED) is 0.317. The van der Waals surface area contributed by atoms with Crippen molar-refractivity contribution in [3.8, 4) is 5.75 Å². The van der Waals surface area contributed by atoms with Crippen LogP contribution in [0.4, 0.5) is 0 Å². The van der Waals surface area contributed by atoms with Crippen LogP contribution in [-0.2, 0) is 0 Å². The molecule has 0 aromatic heterocycles. The molecule has 25 heavy (non-hydrogen) atoms. The summed E-state index contributed by atoms with van der Waals surface area (Å²) in [6, 6.07) is 8.09. The lowest BCUT2D eigenvalue weighted by Crippen LogP contribution is -2.14. The normalized spacial score (nSPS) is 13.7. The van der Waals surface area contributed by atoms with Gasteiger partial charge in [0.15, 0.2) is 0 Å². The van der Waals surface area contributed by atoms with Gasteiger partial charge in [0.05, 0.1) is 0 Å². The Kier molecular flexibility index (Phi) is 12.5. The van der Waals surface area contributed by atoms with Gasteiger partial charge in [-0.15, -0.1) is 0 Å². The Balaban J connectivity index is 2.72. The fraction of sp³-hybridized carbons (Fsp3) is 0.750. The third-order valence-electron chi connectivity index (χ3n) is 5.61. The first-order valence-corrected chi connectivity index (χ1v) is 11.0.